The normalized spacial score (nSPS) is 47.6. The fourth-order valence-electron chi connectivity index (χ4n) is 1.17. The summed E-state index contributed by atoms with van der Waals surface area (Å²) in [5.74, 6) is 0. The molecule has 1 saturated heterocycles. The van der Waals surface area contributed by atoms with Crippen molar-refractivity contribution in [3.63, 3.8) is 0 Å². The number of aldehydes is 1. The number of halogens is 1. The first kappa shape index (κ1) is 10.9. The molecule has 1 heterocycles. The average molecular weight is 211 g/mol. The van der Waals surface area contributed by atoms with E-state index < -0.39 is 29.5 Å². The van der Waals surface area contributed by atoms with E-state index in [2.05, 4.69) is 0 Å². The number of hydrogen-bond donors (Lipinski definition) is 3. The summed E-state index contributed by atoms with van der Waals surface area (Å²) in [7, 11) is 0. The van der Waals surface area contributed by atoms with E-state index in [1.807, 2.05) is 0 Å². The van der Waals surface area contributed by atoms with Crippen LogP contribution < -0.4 is 0 Å². The van der Waals surface area contributed by atoms with Crippen LogP contribution in [-0.4, -0.2) is 51.1 Å². The average Bonchev–Trinajstić information content (AvgIpc) is 2.32. The maximum absolute atomic E-state index is 10.4. The van der Waals surface area contributed by atoms with Crippen LogP contribution >= 0.6 is 11.6 Å². The molecule has 0 aliphatic carbocycles. The lowest BCUT2D eigenvalue weighted by Gasteiger charge is -2.29. The Morgan fingerprint density at radius 3 is 2.54 bits per heavy atom. The highest BCUT2D eigenvalue weighted by atomic mass is 35.5. The first-order chi connectivity index (χ1) is 5.87. The van der Waals surface area contributed by atoms with E-state index >= 15 is 0 Å². The van der Waals surface area contributed by atoms with Crippen LogP contribution in [0, 0.1) is 0 Å². The number of rotatable bonds is 2. The van der Waals surface area contributed by atoms with Gasteiger partial charge in [0.15, 0.2) is 16.9 Å². The molecule has 4 atom stereocenters. The van der Waals surface area contributed by atoms with Crippen molar-refractivity contribution >= 4 is 17.9 Å². The molecular formula is C7H11ClO5. The van der Waals surface area contributed by atoms with Crippen LogP contribution in [0.4, 0.5) is 0 Å². The minimum Gasteiger partial charge on any atom is -0.389 e. The second-order valence-corrected chi connectivity index (χ2v) is 3.76. The molecule has 0 aromatic carbocycles. The van der Waals surface area contributed by atoms with Crippen molar-refractivity contribution < 1.29 is 24.9 Å². The fraction of sp³-hybridized carbons (Fsp3) is 0.857. The maximum Gasteiger partial charge on any atom is 0.196 e. The molecule has 1 fully saturated rings. The number of aliphatic hydroxyl groups excluding tert-OH is 2. The van der Waals surface area contributed by atoms with Gasteiger partial charge in [0.1, 0.15) is 6.10 Å². The van der Waals surface area contributed by atoms with E-state index in [1.54, 1.807) is 0 Å². The first-order valence-corrected chi connectivity index (χ1v) is 4.12. The highest BCUT2D eigenvalue weighted by Crippen LogP contribution is 2.38. The molecule has 1 unspecified atom stereocenters. The van der Waals surface area contributed by atoms with Gasteiger partial charge in [-0.2, -0.15) is 0 Å². The van der Waals surface area contributed by atoms with Crippen molar-refractivity contribution in [2.45, 2.75) is 29.8 Å². The Kier molecular flexibility index (Phi) is 2.66. The monoisotopic (exact) mass is 210 g/mol. The molecule has 76 valence electrons. The number of carbonyl (C=O) groups is 1. The van der Waals surface area contributed by atoms with Gasteiger partial charge in [0.05, 0.1) is 12.7 Å². The van der Waals surface area contributed by atoms with Crippen LogP contribution in [0.15, 0.2) is 0 Å². The van der Waals surface area contributed by atoms with Gasteiger partial charge in [0.25, 0.3) is 0 Å². The predicted molar refractivity (Wildman–Crippen MR) is 43.2 cm³/mol. The van der Waals surface area contributed by atoms with Gasteiger partial charge in [-0.15, -0.1) is 0 Å². The predicted octanol–water partition coefficient (Wildman–Crippen LogP) is -1.38. The van der Waals surface area contributed by atoms with Crippen LogP contribution in [0.25, 0.3) is 0 Å². The highest BCUT2D eigenvalue weighted by Gasteiger charge is 2.59. The summed E-state index contributed by atoms with van der Waals surface area (Å²) >= 11 is 5.68. The number of alkyl halides is 1. The lowest BCUT2D eigenvalue weighted by molar-refractivity contribution is -0.134. The molecule has 13 heavy (non-hydrogen) atoms. The third-order valence-electron chi connectivity index (χ3n) is 2.14. The van der Waals surface area contributed by atoms with Crippen LogP contribution in [0.2, 0.25) is 0 Å². The van der Waals surface area contributed by atoms with Crippen molar-refractivity contribution in [2.24, 2.45) is 0 Å². The Bertz CT molecular complexity index is 221. The number of ether oxygens (including phenoxy) is 1. The number of hydrogen-bond acceptors (Lipinski definition) is 5. The summed E-state index contributed by atoms with van der Waals surface area (Å²) in [6.45, 7) is 0.874. The largest absolute Gasteiger partial charge is 0.389 e. The summed E-state index contributed by atoms with van der Waals surface area (Å²) in [5, 5.41) is 26.2. The van der Waals surface area contributed by atoms with Crippen molar-refractivity contribution in [3.05, 3.63) is 0 Å². The molecule has 5 nitrogen and oxygen atoms in total. The number of carbonyl (C=O) groups excluding carboxylic acids is 1. The first-order valence-electron chi connectivity index (χ1n) is 3.74. The van der Waals surface area contributed by atoms with Gasteiger partial charge < -0.3 is 20.1 Å². The lowest BCUT2D eigenvalue weighted by Crippen LogP contribution is -2.52. The Balaban J connectivity index is 2.93. The topological polar surface area (TPSA) is 87.0 Å². The Labute approximate surface area is 79.9 Å². The van der Waals surface area contributed by atoms with Crippen LogP contribution in [0.1, 0.15) is 6.92 Å². The van der Waals surface area contributed by atoms with Gasteiger partial charge >= 0.3 is 0 Å². The van der Waals surface area contributed by atoms with Crippen molar-refractivity contribution in [1.82, 2.24) is 0 Å². The van der Waals surface area contributed by atoms with E-state index in [0.29, 0.717) is 0 Å². The van der Waals surface area contributed by atoms with Gasteiger partial charge in [-0.25, -0.2) is 0 Å². The Hall–Kier alpha value is -0.200. The molecule has 1 rings (SSSR count). The van der Waals surface area contributed by atoms with E-state index in [4.69, 9.17) is 21.4 Å². The van der Waals surface area contributed by atoms with Gasteiger partial charge in [-0.05, 0) is 6.92 Å². The zero-order chi connectivity index (χ0) is 10.3. The summed E-state index contributed by atoms with van der Waals surface area (Å²) in [5.41, 5.74) is -2.03. The van der Waals surface area contributed by atoms with Crippen molar-refractivity contribution in [3.8, 4) is 0 Å². The van der Waals surface area contributed by atoms with Gasteiger partial charge in [0.2, 0.25) is 0 Å². The highest BCUT2D eigenvalue weighted by molar-refractivity contribution is 6.24. The van der Waals surface area contributed by atoms with E-state index in [0.717, 1.165) is 0 Å². The van der Waals surface area contributed by atoms with Crippen molar-refractivity contribution in [1.29, 1.82) is 0 Å². The van der Waals surface area contributed by atoms with Crippen molar-refractivity contribution in [2.75, 3.05) is 6.61 Å². The summed E-state index contributed by atoms with van der Waals surface area (Å²) in [6.07, 6.45) is -2.68. The van der Waals surface area contributed by atoms with Gasteiger partial charge in [-0.1, -0.05) is 11.6 Å². The third-order valence-corrected chi connectivity index (χ3v) is 2.78. The van der Waals surface area contributed by atoms with Crippen LogP contribution in [-0.2, 0) is 9.53 Å². The molecule has 6 heteroatoms. The minimum absolute atomic E-state index is 0.157. The molecule has 1 aliphatic rings. The molecule has 3 N–H and O–H groups in total. The van der Waals surface area contributed by atoms with Crippen LogP contribution in [0.5, 0.6) is 0 Å². The van der Waals surface area contributed by atoms with Gasteiger partial charge in [0, 0.05) is 0 Å². The smallest absolute Gasteiger partial charge is 0.196 e. The van der Waals surface area contributed by atoms with E-state index in [-0.39, 0.29) is 6.29 Å². The van der Waals surface area contributed by atoms with E-state index in [1.165, 1.54) is 6.92 Å². The second kappa shape index (κ2) is 3.18. The third kappa shape index (κ3) is 1.47. The zero-order valence-corrected chi connectivity index (χ0v) is 7.73. The van der Waals surface area contributed by atoms with Crippen LogP contribution in [0.3, 0.4) is 0 Å². The molecule has 0 bridgehead atoms. The second-order valence-electron chi connectivity index (χ2n) is 3.17. The fourth-order valence-corrected chi connectivity index (χ4v) is 1.42. The molecule has 0 aromatic rings. The maximum atomic E-state index is 10.4. The standard InChI is InChI=1S/C7H11ClO5/c1-4(10)7(8)5(11)6(12,2-9)3-13-7/h2,4-5,10-12H,3H2,1H3/t4?,5-,6-,7+/m0/s1. The summed E-state index contributed by atoms with van der Waals surface area (Å²) in [6, 6.07) is 0. The molecule has 1 aliphatic heterocycles. The quantitative estimate of drug-likeness (QED) is 0.387. The van der Waals surface area contributed by atoms with E-state index in [9.17, 15) is 15.0 Å². The SMILES string of the molecule is CC(O)[C@@]1(Cl)OC[C@@](O)(C=O)[C@@H]1O. The molecule has 0 amide bonds. The molecule has 0 aromatic heterocycles. The van der Waals surface area contributed by atoms with Gasteiger partial charge in [-0.3, -0.25) is 4.79 Å². The molecule has 0 spiro atoms. The zero-order valence-electron chi connectivity index (χ0n) is 6.98. The molecular weight excluding hydrogens is 200 g/mol. The molecule has 0 radical (unpaired) electrons. The number of aliphatic hydroxyl groups is 3. The Morgan fingerprint density at radius 2 is 2.31 bits per heavy atom. The lowest BCUT2D eigenvalue weighted by atomic mass is 9.96. The summed E-state index contributed by atoms with van der Waals surface area (Å²) in [4.78, 5) is 10.4. The Morgan fingerprint density at radius 1 is 1.77 bits per heavy atom. The summed E-state index contributed by atoms with van der Waals surface area (Å²) < 4.78 is 4.80. The minimum atomic E-state index is -2.03. The molecule has 0 saturated carbocycles.